The summed E-state index contributed by atoms with van der Waals surface area (Å²) in [6, 6.07) is 7.05. The number of amides is 1. The minimum atomic E-state index is -2.99. The molecule has 0 spiro atoms. The van der Waals surface area contributed by atoms with Crippen molar-refractivity contribution in [3.05, 3.63) is 29.8 Å². The van der Waals surface area contributed by atoms with Crippen LogP contribution >= 0.6 is 0 Å². The van der Waals surface area contributed by atoms with Crippen molar-refractivity contribution in [1.29, 1.82) is 0 Å². The van der Waals surface area contributed by atoms with Crippen molar-refractivity contribution < 1.29 is 17.9 Å². The van der Waals surface area contributed by atoms with Crippen LogP contribution in [0.25, 0.3) is 0 Å². The smallest absolute Gasteiger partial charge is 0.254 e. The van der Waals surface area contributed by atoms with E-state index in [0.29, 0.717) is 17.7 Å². The summed E-state index contributed by atoms with van der Waals surface area (Å²) in [5.74, 6) is 0.833. The van der Waals surface area contributed by atoms with Gasteiger partial charge < -0.3 is 9.64 Å². The molecule has 0 radical (unpaired) electrons. The summed E-state index contributed by atoms with van der Waals surface area (Å²) in [6.45, 7) is 0. The standard InChI is InChI=1S/C15H19NO4S/c1-20-14-4-2-3-11(9-14)15(17)16(12-5-6-12)13-7-8-21(18,19)10-13/h2-4,9,12-13H,5-8,10H2,1H3. The molecule has 1 saturated heterocycles. The van der Waals surface area contributed by atoms with Crippen LogP contribution in [-0.2, 0) is 9.84 Å². The predicted octanol–water partition coefficient (Wildman–Crippen LogP) is 1.49. The van der Waals surface area contributed by atoms with Crippen LogP contribution in [-0.4, -0.2) is 49.9 Å². The number of rotatable bonds is 4. The molecule has 1 atom stereocenters. The van der Waals surface area contributed by atoms with Crippen molar-refractivity contribution in [3.63, 3.8) is 0 Å². The summed E-state index contributed by atoms with van der Waals surface area (Å²) in [5.41, 5.74) is 0.561. The SMILES string of the molecule is COc1cccc(C(=O)N(C2CC2)C2CCS(=O)(=O)C2)c1. The highest BCUT2D eigenvalue weighted by Crippen LogP contribution is 2.33. The molecule has 2 fully saturated rings. The Morgan fingerprint density at radius 3 is 2.57 bits per heavy atom. The van der Waals surface area contributed by atoms with Crippen molar-refractivity contribution in [2.24, 2.45) is 0 Å². The number of methoxy groups -OCH3 is 1. The fraction of sp³-hybridized carbons (Fsp3) is 0.533. The van der Waals surface area contributed by atoms with Crippen LogP contribution in [0.15, 0.2) is 24.3 Å². The second kappa shape index (κ2) is 5.33. The molecular formula is C15H19NO4S. The maximum Gasteiger partial charge on any atom is 0.254 e. The summed E-state index contributed by atoms with van der Waals surface area (Å²) in [6.07, 6.45) is 2.48. The zero-order chi connectivity index (χ0) is 15.0. The van der Waals surface area contributed by atoms with Gasteiger partial charge in [-0.1, -0.05) is 6.07 Å². The van der Waals surface area contributed by atoms with E-state index in [4.69, 9.17) is 4.74 Å². The number of benzene rings is 1. The third-order valence-corrected chi connectivity index (χ3v) is 5.84. The molecule has 0 N–H and O–H groups in total. The van der Waals surface area contributed by atoms with E-state index in [-0.39, 0.29) is 29.5 Å². The lowest BCUT2D eigenvalue weighted by molar-refractivity contribution is 0.0680. The summed E-state index contributed by atoms with van der Waals surface area (Å²) >= 11 is 0. The minimum Gasteiger partial charge on any atom is -0.497 e. The molecule has 1 amide bonds. The average Bonchev–Trinajstić information content (AvgIpc) is 3.23. The highest BCUT2D eigenvalue weighted by atomic mass is 32.2. The third kappa shape index (κ3) is 3.05. The number of hydrogen-bond donors (Lipinski definition) is 0. The van der Waals surface area contributed by atoms with Crippen molar-refractivity contribution in [1.82, 2.24) is 4.90 Å². The van der Waals surface area contributed by atoms with Gasteiger partial charge >= 0.3 is 0 Å². The molecule has 1 aliphatic carbocycles. The Bertz CT molecular complexity index is 651. The van der Waals surface area contributed by atoms with Gasteiger partial charge in [-0.05, 0) is 37.5 Å². The molecule has 0 bridgehead atoms. The molecule has 1 aliphatic heterocycles. The topological polar surface area (TPSA) is 63.7 Å². The second-order valence-corrected chi connectivity index (χ2v) is 7.96. The van der Waals surface area contributed by atoms with Gasteiger partial charge in [0.15, 0.2) is 9.84 Å². The number of carbonyl (C=O) groups excluding carboxylic acids is 1. The van der Waals surface area contributed by atoms with E-state index < -0.39 is 9.84 Å². The van der Waals surface area contributed by atoms with E-state index >= 15 is 0 Å². The van der Waals surface area contributed by atoms with Gasteiger partial charge in [-0.2, -0.15) is 0 Å². The Morgan fingerprint density at radius 1 is 1.24 bits per heavy atom. The van der Waals surface area contributed by atoms with Gasteiger partial charge in [0, 0.05) is 17.6 Å². The largest absolute Gasteiger partial charge is 0.497 e. The van der Waals surface area contributed by atoms with Crippen molar-refractivity contribution in [2.45, 2.75) is 31.3 Å². The fourth-order valence-electron chi connectivity index (χ4n) is 2.88. The molecule has 1 saturated carbocycles. The van der Waals surface area contributed by atoms with Gasteiger partial charge in [-0.3, -0.25) is 4.79 Å². The van der Waals surface area contributed by atoms with E-state index in [1.54, 1.807) is 36.3 Å². The normalized spacial score (nSPS) is 23.8. The van der Waals surface area contributed by atoms with Crippen LogP contribution in [0.3, 0.4) is 0 Å². The van der Waals surface area contributed by atoms with E-state index in [2.05, 4.69) is 0 Å². The molecule has 2 aliphatic rings. The summed E-state index contributed by atoms with van der Waals surface area (Å²) in [7, 11) is -1.43. The molecule has 3 rings (SSSR count). The number of ether oxygens (including phenoxy) is 1. The molecule has 1 unspecified atom stereocenters. The number of nitrogens with zero attached hydrogens (tertiary/aromatic N) is 1. The van der Waals surface area contributed by atoms with E-state index in [9.17, 15) is 13.2 Å². The Morgan fingerprint density at radius 2 is 2.00 bits per heavy atom. The molecule has 1 aromatic carbocycles. The van der Waals surface area contributed by atoms with Gasteiger partial charge in [0.1, 0.15) is 5.75 Å². The highest BCUT2D eigenvalue weighted by Gasteiger charge is 2.42. The van der Waals surface area contributed by atoms with Gasteiger partial charge in [0.05, 0.1) is 18.6 Å². The Balaban J connectivity index is 1.85. The van der Waals surface area contributed by atoms with Crippen molar-refractivity contribution >= 4 is 15.7 Å². The number of carbonyl (C=O) groups is 1. The quantitative estimate of drug-likeness (QED) is 0.845. The molecule has 21 heavy (non-hydrogen) atoms. The summed E-state index contributed by atoms with van der Waals surface area (Å²) in [4.78, 5) is 14.6. The van der Waals surface area contributed by atoms with E-state index in [0.717, 1.165) is 12.8 Å². The zero-order valence-electron chi connectivity index (χ0n) is 12.0. The third-order valence-electron chi connectivity index (χ3n) is 4.09. The molecular weight excluding hydrogens is 290 g/mol. The summed E-state index contributed by atoms with van der Waals surface area (Å²) < 4.78 is 28.5. The van der Waals surface area contributed by atoms with Crippen LogP contribution in [0, 0.1) is 0 Å². The first-order valence-electron chi connectivity index (χ1n) is 7.17. The lowest BCUT2D eigenvalue weighted by Gasteiger charge is -2.28. The van der Waals surface area contributed by atoms with Gasteiger partial charge in [0.2, 0.25) is 0 Å². The molecule has 5 nitrogen and oxygen atoms in total. The van der Waals surface area contributed by atoms with Crippen molar-refractivity contribution in [2.75, 3.05) is 18.6 Å². The first kappa shape index (κ1) is 14.4. The Hall–Kier alpha value is -1.56. The monoisotopic (exact) mass is 309 g/mol. The molecule has 1 aromatic rings. The fourth-order valence-corrected chi connectivity index (χ4v) is 4.59. The van der Waals surface area contributed by atoms with Crippen LogP contribution in [0.4, 0.5) is 0 Å². The number of hydrogen-bond acceptors (Lipinski definition) is 4. The second-order valence-electron chi connectivity index (χ2n) is 5.73. The highest BCUT2D eigenvalue weighted by molar-refractivity contribution is 7.91. The lowest BCUT2D eigenvalue weighted by Crippen LogP contribution is -2.42. The van der Waals surface area contributed by atoms with Gasteiger partial charge in [-0.15, -0.1) is 0 Å². The average molecular weight is 309 g/mol. The van der Waals surface area contributed by atoms with Crippen LogP contribution in [0.1, 0.15) is 29.6 Å². The van der Waals surface area contributed by atoms with Crippen molar-refractivity contribution in [3.8, 4) is 5.75 Å². The first-order valence-corrected chi connectivity index (χ1v) is 8.99. The predicted molar refractivity (Wildman–Crippen MR) is 79.2 cm³/mol. The Kier molecular flexibility index (Phi) is 3.65. The van der Waals surface area contributed by atoms with E-state index in [1.807, 2.05) is 0 Å². The summed E-state index contributed by atoms with van der Waals surface area (Å²) in [5, 5.41) is 0. The minimum absolute atomic E-state index is 0.0847. The van der Waals surface area contributed by atoms with Crippen LogP contribution in [0.2, 0.25) is 0 Å². The maximum absolute atomic E-state index is 12.8. The van der Waals surface area contributed by atoms with Crippen LogP contribution < -0.4 is 4.74 Å². The first-order chi connectivity index (χ1) is 10.00. The van der Waals surface area contributed by atoms with Crippen LogP contribution in [0.5, 0.6) is 5.75 Å². The van der Waals surface area contributed by atoms with Gasteiger partial charge in [-0.25, -0.2) is 8.42 Å². The zero-order valence-corrected chi connectivity index (χ0v) is 12.8. The van der Waals surface area contributed by atoms with Gasteiger partial charge in [0.25, 0.3) is 5.91 Å². The maximum atomic E-state index is 12.8. The molecule has 0 aromatic heterocycles. The Labute approximate surface area is 124 Å². The molecule has 1 heterocycles. The lowest BCUT2D eigenvalue weighted by atomic mass is 10.1. The molecule has 114 valence electrons. The van der Waals surface area contributed by atoms with E-state index in [1.165, 1.54) is 0 Å². The molecule has 6 heteroatoms. The number of sulfone groups is 1.